The highest BCUT2D eigenvalue weighted by molar-refractivity contribution is 7.89. The second-order valence-corrected chi connectivity index (χ2v) is 6.51. The summed E-state index contributed by atoms with van der Waals surface area (Å²) in [5.41, 5.74) is 0.537. The third-order valence-corrected chi connectivity index (χ3v) is 4.40. The van der Waals surface area contributed by atoms with Gasteiger partial charge >= 0.3 is 0 Å². The van der Waals surface area contributed by atoms with Gasteiger partial charge < -0.3 is 5.32 Å². The Morgan fingerprint density at radius 3 is 2.65 bits per heavy atom. The van der Waals surface area contributed by atoms with Crippen molar-refractivity contribution < 1.29 is 8.42 Å². The molecule has 0 atom stereocenters. The molecular formula is C11H12ClN5O2S. The third-order valence-electron chi connectivity index (χ3n) is 2.41. The Morgan fingerprint density at radius 2 is 2.00 bits per heavy atom. The number of rotatable bonds is 4. The van der Waals surface area contributed by atoms with E-state index in [1.807, 2.05) is 0 Å². The highest BCUT2D eigenvalue weighted by atomic mass is 35.5. The normalized spacial score (nSPS) is 11.6. The third kappa shape index (κ3) is 3.21. The number of benzene rings is 1. The van der Waals surface area contributed by atoms with E-state index in [1.54, 1.807) is 12.1 Å². The Balaban J connectivity index is 2.32. The molecule has 0 radical (unpaired) electrons. The topological polar surface area (TPSA) is 88.1 Å². The molecule has 7 nitrogen and oxygen atoms in total. The molecule has 2 aromatic rings. The number of halogens is 1. The smallest absolute Gasteiger partial charge is 0.242 e. The maximum atomic E-state index is 12.0. The van der Waals surface area contributed by atoms with Gasteiger partial charge in [0.1, 0.15) is 6.33 Å². The van der Waals surface area contributed by atoms with Gasteiger partial charge in [0, 0.05) is 19.8 Å². The molecule has 0 spiro atoms. The van der Waals surface area contributed by atoms with E-state index in [0.29, 0.717) is 5.69 Å². The number of sulfonamides is 1. The summed E-state index contributed by atoms with van der Waals surface area (Å²) in [5.74, 6) is 0.240. The first-order valence-corrected chi connectivity index (χ1v) is 7.35. The predicted octanol–water partition coefficient (Wildman–Crippen LogP) is 1.52. The Bertz CT molecular complexity index is 720. The summed E-state index contributed by atoms with van der Waals surface area (Å²) in [5, 5.41) is 2.92. The van der Waals surface area contributed by atoms with E-state index in [4.69, 9.17) is 11.6 Å². The summed E-state index contributed by atoms with van der Waals surface area (Å²) >= 11 is 5.65. The van der Waals surface area contributed by atoms with Gasteiger partial charge in [-0.05, 0) is 29.8 Å². The fraction of sp³-hybridized carbons (Fsp3) is 0.182. The number of anilines is 2. The number of nitrogens with zero attached hydrogens (tertiary/aromatic N) is 4. The van der Waals surface area contributed by atoms with Gasteiger partial charge in [-0.25, -0.2) is 22.7 Å². The summed E-state index contributed by atoms with van der Waals surface area (Å²) in [7, 11) is -0.539. The summed E-state index contributed by atoms with van der Waals surface area (Å²) < 4.78 is 25.2. The Hall–Kier alpha value is -1.77. The minimum absolute atomic E-state index is 0.0552. The van der Waals surface area contributed by atoms with E-state index >= 15 is 0 Å². The van der Waals surface area contributed by atoms with Crippen LogP contribution in [0.3, 0.4) is 0 Å². The largest absolute Gasteiger partial charge is 0.324 e. The number of hydrogen-bond donors (Lipinski definition) is 1. The summed E-state index contributed by atoms with van der Waals surface area (Å²) in [6.07, 6.45) is 1.26. The van der Waals surface area contributed by atoms with Crippen LogP contribution in [0.2, 0.25) is 5.28 Å². The quantitative estimate of drug-likeness (QED) is 0.920. The van der Waals surface area contributed by atoms with Crippen LogP contribution in [0.1, 0.15) is 0 Å². The first-order valence-electron chi connectivity index (χ1n) is 5.54. The van der Waals surface area contributed by atoms with Crippen LogP contribution in [-0.4, -0.2) is 41.8 Å². The average Bonchev–Trinajstić information content (AvgIpc) is 2.39. The molecule has 0 bridgehead atoms. The lowest BCUT2D eigenvalue weighted by Crippen LogP contribution is -2.22. The lowest BCUT2D eigenvalue weighted by atomic mass is 10.3. The van der Waals surface area contributed by atoms with Crippen molar-refractivity contribution in [3.63, 3.8) is 0 Å². The minimum Gasteiger partial charge on any atom is -0.324 e. The molecule has 0 aliphatic rings. The summed E-state index contributed by atoms with van der Waals surface area (Å²) in [6.45, 7) is 0. The van der Waals surface area contributed by atoms with Crippen LogP contribution in [0, 0.1) is 0 Å². The van der Waals surface area contributed by atoms with E-state index in [1.165, 1.54) is 32.6 Å². The summed E-state index contributed by atoms with van der Waals surface area (Å²) in [6, 6.07) is 6.34. The highest BCUT2D eigenvalue weighted by Gasteiger charge is 2.17. The van der Waals surface area contributed by atoms with Crippen molar-refractivity contribution in [3.8, 4) is 0 Å². The zero-order chi connectivity index (χ0) is 14.8. The molecule has 0 aliphatic carbocycles. The molecule has 1 aromatic carbocycles. The van der Waals surface area contributed by atoms with Crippen LogP contribution in [0.25, 0.3) is 0 Å². The van der Waals surface area contributed by atoms with Gasteiger partial charge in [-0.1, -0.05) is 6.07 Å². The maximum absolute atomic E-state index is 12.0. The lowest BCUT2D eigenvalue weighted by molar-refractivity contribution is 0.521. The van der Waals surface area contributed by atoms with Gasteiger partial charge in [0.05, 0.1) is 4.90 Å². The van der Waals surface area contributed by atoms with Gasteiger partial charge in [0.15, 0.2) is 0 Å². The van der Waals surface area contributed by atoms with Crippen LogP contribution in [0.5, 0.6) is 0 Å². The zero-order valence-corrected chi connectivity index (χ0v) is 12.4. The zero-order valence-electron chi connectivity index (χ0n) is 10.8. The van der Waals surface area contributed by atoms with Crippen LogP contribution >= 0.6 is 11.6 Å². The molecular weight excluding hydrogens is 302 g/mol. The Kier molecular flexibility index (Phi) is 4.17. The number of hydrogen-bond acceptors (Lipinski definition) is 6. The summed E-state index contributed by atoms with van der Waals surface area (Å²) in [4.78, 5) is 11.6. The molecule has 0 fully saturated rings. The Morgan fingerprint density at radius 1 is 1.25 bits per heavy atom. The van der Waals surface area contributed by atoms with Crippen molar-refractivity contribution in [1.29, 1.82) is 0 Å². The molecule has 1 heterocycles. The van der Waals surface area contributed by atoms with Crippen molar-refractivity contribution in [2.45, 2.75) is 4.90 Å². The van der Waals surface area contributed by atoms with Crippen molar-refractivity contribution in [2.75, 3.05) is 19.4 Å². The van der Waals surface area contributed by atoms with Gasteiger partial charge in [-0.15, -0.1) is 0 Å². The molecule has 20 heavy (non-hydrogen) atoms. The molecule has 0 saturated carbocycles. The van der Waals surface area contributed by atoms with Gasteiger partial charge in [0.25, 0.3) is 0 Å². The van der Waals surface area contributed by atoms with E-state index in [0.717, 1.165) is 4.31 Å². The second-order valence-electron chi connectivity index (χ2n) is 4.02. The van der Waals surface area contributed by atoms with Crippen LogP contribution in [0.4, 0.5) is 11.6 Å². The molecule has 0 unspecified atom stereocenters. The van der Waals surface area contributed by atoms with Crippen LogP contribution in [-0.2, 0) is 10.0 Å². The van der Waals surface area contributed by atoms with Crippen LogP contribution < -0.4 is 5.32 Å². The van der Waals surface area contributed by atoms with Crippen molar-refractivity contribution in [1.82, 2.24) is 19.3 Å². The second kappa shape index (κ2) is 5.70. The fourth-order valence-electron chi connectivity index (χ4n) is 1.41. The van der Waals surface area contributed by atoms with Crippen molar-refractivity contribution >= 4 is 33.3 Å². The first kappa shape index (κ1) is 14.6. The standard InChI is InChI=1S/C11H12ClN5O2S/c1-17(2)20(18,19)9-5-3-4-8(6-9)15-11-14-7-13-10(12)16-11/h3-7H,1-2H3,(H,13,14,15,16). The van der Waals surface area contributed by atoms with Crippen molar-refractivity contribution in [3.05, 3.63) is 35.9 Å². The fourth-order valence-corrected chi connectivity index (χ4v) is 2.48. The average molecular weight is 314 g/mol. The van der Waals surface area contributed by atoms with E-state index < -0.39 is 10.0 Å². The molecule has 106 valence electrons. The van der Waals surface area contributed by atoms with E-state index in [9.17, 15) is 8.42 Å². The van der Waals surface area contributed by atoms with Gasteiger partial charge in [-0.2, -0.15) is 4.98 Å². The lowest BCUT2D eigenvalue weighted by Gasteiger charge is -2.12. The van der Waals surface area contributed by atoms with E-state index in [2.05, 4.69) is 20.3 Å². The molecule has 0 saturated heterocycles. The molecule has 9 heteroatoms. The SMILES string of the molecule is CN(C)S(=O)(=O)c1cccc(Nc2ncnc(Cl)n2)c1. The highest BCUT2D eigenvalue weighted by Crippen LogP contribution is 2.20. The molecule has 0 aliphatic heterocycles. The van der Waals surface area contributed by atoms with Gasteiger partial charge in [0.2, 0.25) is 21.3 Å². The molecule has 1 N–H and O–H groups in total. The molecule has 0 amide bonds. The first-order chi connectivity index (χ1) is 9.39. The number of aromatic nitrogens is 3. The Labute approximate surface area is 121 Å². The molecule has 2 rings (SSSR count). The van der Waals surface area contributed by atoms with Gasteiger partial charge in [-0.3, -0.25) is 0 Å². The van der Waals surface area contributed by atoms with Crippen LogP contribution in [0.15, 0.2) is 35.5 Å². The minimum atomic E-state index is -3.49. The number of nitrogens with one attached hydrogen (secondary N) is 1. The van der Waals surface area contributed by atoms with E-state index in [-0.39, 0.29) is 16.1 Å². The molecule has 1 aromatic heterocycles. The monoisotopic (exact) mass is 313 g/mol. The van der Waals surface area contributed by atoms with Crippen molar-refractivity contribution in [2.24, 2.45) is 0 Å². The predicted molar refractivity (Wildman–Crippen MR) is 75.4 cm³/mol. The maximum Gasteiger partial charge on any atom is 0.242 e.